The largest absolute Gasteiger partial charge is 0.478 e. The van der Waals surface area contributed by atoms with Gasteiger partial charge in [-0.25, -0.2) is 4.79 Å². The molecule has 0 radical (unpaired) electrons. The van der Waals surface area contributed by atoms with Crippen LogP contribution >= 0.6 is 0 Å². The van der Waals surface area contributed by atoms with E-state index in [-0.39, 0.29) is 11.5 Å². The number of rotatable bonds is 6. The van der Waals surface area contributed by atoms with E-state index in [2.05, 4.69) is 24.3 Å². The first kappa shape index (κ1) is 15.8. The number of aromatic nitrogens is 2. The van der Waals surface area contributed by atoms with E-state index in [0.29, 0.717) is 18.0 Å². The van der Waals surface area contributed by atoms with E-state index in [1.807, 2.05) is 0 Å². The van der Waals surface area contributed by atoms with Crippen molar-refractivity contribution in [3.05, 3.63) is 53.3 Å². The predicted octanol–water partition coefficient (Wildman–Crippen LogP) is 2.17. The molecular weight excluding hydrogens is 282 g/mol. The van der Waals surface area contributed by atoms with Crippen LogP contribution in [0.25, 0.3) is 0 Å². The molecule has 0 aliphatic rings. The molecule has 0 fully saturated rings. The average molecular weight is 301 g/mol. The van der Waals surface area contributed by atoms with Crippen molar-refractivity contribution in [3.8, 4) is 0 Å². The predicted molar refractivity (Wildman–Crippen MR) is 81.6 cm³/mol. The second-order valence-electron chi connectivity index (χ2n) is 5.53. The van der Waals surface area contributed by atoms with Crippen LogP contribution in [0.3, 0.4) is 0 Å². The third kappa shape index (κ3) is 4.18. The Labute approximate surface area is 128 Å². The van der Waals surface area contributed by atoms with E-state index in [4.69, 9.17) is 5.11 Å². The van der Waals surface area contributed by atoms with Gasteiger partial charge in [0.2, 0.25) is 0 Å². The van der Waals surface area contributed by atoms with Crippen LogP contribution in [-0.2, 0) is 13.1 Å². The van der Waals surface area contributed by atoms with E-state index in [9.17, 15) is 9.59 Å². The summed E-state index contributed by atoms with van der Waals surface area (Å²) in [6.45, 7) is 5.28. The van der Waals surface area contributed by atoms with Crippen molar-refractivity contribution in [2.75, 3.05) is 0 Å². The lowest BCUT2D eigenvalue weighted by Crippen LogP contribution is -2.22. The molecule has 6 nitrogen and oxygen atoms in total. The van der Waals surface area contributed by atoms with Crippen LogP contribution in [0.2, 0.25) is 0 Å². The Hall–Kier alpha value is -2.63. The second kappa shape index (κ2) is 6.89. The number of aromatic carboxylic acids is 1. The maximum atomic E-state index is 12.0. The Morgan fingerprint density at radius 3 is 2.50 bits per heavy atom. The fourth-order valence-electron chi connectivity index (χ4n) is 2.00. The Balaban J connectivity index is 1.92. The Morgan fingerprint density at radius 2 is 1.91 bits per heavy atom. The van der Waals surface area contributed by atoms with Crippen molar-refractivity contribution >= 4 is 11.9 Å². The molecule has 0 spiro atoms. The smallest absolute Gasteiger partial charge is 0.335 e. The van der Waals surface area contributed by atoms with Crippen molar-refractivity contribution in [2.24, 2.45) is 5.92 Å². The normalized spacial score (nSPS) is 10.7. The highest BCUT2D eigenvalue weighted by Gasteiger charge is 2.09. The minimum Gasteiger partial charge on any atom is -0.478 e. The van der Waals surface area contributed by atoms with E-state index in [1.165, 1.54) is 12.1 Å². The van der Waals surface area contributed by atoms with Crippen molar-refractivity contribution in [2.45, 2.75) is 26.9 Å². The van der Waals surface area contributed by atoms with Crippen LogP contribution in [0, 0.1) is 5.92 Å². The number of carbonyl (C=O) groups excluding carboxylic acids is 1. The molecule has 1 aromatic carbocycles. The zero-order valence-electron chi connectivity index (χ0n) is 12.6. The molecule has 1 aromatic heterocycles. The number of nitrogens with zero attached hydrogens (tertiary/aromatic N) is 2. The molecule has 6 heteroatoms. The molecule has 22 heavy (non-hydrogen) atoms. The van der Waals surface area contributed by atoms with Gasteiger partial charge in [0.15, 0.2) is 0 Å². The number of carbonyl (C=O) groups is 2. The van der Waals surface area contributed by atoms with Gasteiger partial charge in [0.25, 0.3) is 5.91 Å². The van der Waals surface area contributed by atoms with Crippen LogP contribution in [0.4, 0.5) is 0 Å². The van der Waals surface area contributed by atoms with Gasteiger partial charge in [-0.3, -0.25) is 9.48 Å². The van der Waals surface area contributed by atoms with E-state index in [0.717, 1.165) is 12.1 Å². The minimum atomic E-state index is -0.965. The van der Waals surface area contributed by atoms with Crippen molar-refractivity contribution in [1.29, 1.82) is 0 Å². The van der Waals surface area contributed by atoms with Crippen LogP contribution in [-0.4, -0.2) is 26.8 Å². The Bertz CT molecular complexity index is 660. The van der Waals surface area contributed by atoms with E-state index < -0.39 is 5.97 Å². The molecular formula is C16H19N3O3. The highest BCUT2D eigenvalue weighted by atomic mass is 16.4. The molecule has 2 rings (SSSR count). The van der Waals surface area contributed by atoms with E-state index >= 15 is 0 Å². The number of carboxylic acid groups (broad SMARTS) is 1. The topological polar surface area (TPSA) is 84.2 Å². The standard InChI is InChI=1S/C16H19N3O3/c1-11(2)9-19-10-14(8-18-19)15(20)17-7-12-3-5-13(6-4-12)16(21)22/h3-6,8,10-11H,7,9H2,1-2H3,(H,17,20)(H,21,22). The molecule has 0 bridgehead atoms. The monoisotopic (exact) mass is 301 g/mol. The van der Waals surface area contributed by atoms with Crippen molar-refractivity contribution in [3.63, 3.8) is 0 Å². The third-order valence-electron chi connectivity index (χ3n) is 3.10. The summed E-state index contributed by atoms with van der Waals surface area (Å²) in [7, 11) is 0. The molecule has 116 valence electrons. The number of carboxylic acids is 1. The first-order valence-corrected chi connectivity index (χ1v) is 7.08. The maximum absolute atomic E-state index is 12.0. The quantitative estimate of drug-likeness (QED) is 0.856. The van der Waals surface area contributed by atoms with Gasteiger partial charge in [-0.2, -0.15) is 5.10 Å². The summed E-state index contributed by atoms with van der Waals surface area (Å²) in [6.07, 6.45) is 3.27. The Morgan fingerprint density at radius 1 is 1.23 bits per heavy atom. The molecule has 0 unspecified atom stereocenters. The Kier molecular flexibility index (Phi) is 4.93. The zero-order chi connectivity index (χ0) is 16.1. The molecule has 0 aliphatic carbocycles. The van der Waals surface area contributed by atoms with E-state index in [1.54, 1.807) is 29.2 Å². The highest BCUT2D eigenvalue weighted by Crippen LogP contribution is 2.06. The van der Waals surface area contributed by atoms with Crippen molar-refractivity contribution in [1.82, 2.24) is 15.1 Å². The summed E-state index contributed by atoms with van der Waals surface area (Å²) < 4.78 is 1.75. The zero-order valence-corrected chi connectivity index (χ0v) is 12.6. The van der Waals surface area contributed by atoms with Gasteiger partial charge in [0.05, 0.1) is 17.3 Å². The van der Waals surface area contributed by atoms with Crippen LogP contribution in [0.5, 0.6) is 0 Å². The lowest BCUT2D eigenvalue weighted by Gasteiger charge is -2.05. The summed E-state index contributed by atoms with van der Waals surface area (Å²) in [4.78, 5) is 22.8. The van der Waals surface area contributed by atoms with Gasteiger partial charge in [-0.05, 0) is 23.6 Å². The van der Waals surface area contributed by atoms with Crippen LogP contribution < -0.4 is 5.32 Å². The molecule has 2 N–H and O–H groups in total. The average Bonchev–Trinajstić information content (AvgIpc) is 2.93. The second-order valence-corrected chi connectivity index (χ2v) is 5.53. The molecule has 2 aromatic rings. The lowest BCUT2D eigenvalue weighted by molar-refractivity contribution is 0.0696. The molecule has 0 atom stereocenters. The fraction of sp³-hybridized carbons (Fsp3) is 0.312. The molecule has 0 saturated carbocycles. The number of amides is 1. The number of nitrogens with one attached hydrogen (secondary N) is 1. The number of hydrogen-bond donors (Lipinski definition) is 2. The summed E-state index contributed by atoms with van der Waals surface area (Å²) in [5, 5.41) is 15.8. The van der Waals surface area contributed by atoms with Crippen LogP contribution in [0.15, 0.2) is 36.7 Å². The highest BCUT2D eigenvalue weighted by molar-refractivity contribution is 5.93. The maximum Gasteiger partial charge on any atom is 0.335 e. The van der Waals surface area contributed by atoms with Gasteiger partial charge in [0, 0.05) is 19.3 Å². The van der Waals surface area contributed by atoms with Gasteiger partial charge in [0.1, 0.15) is 0 Å². The first-order chi connectivity index (χ1) is 10.5. The van der Waals surface area contributed by atoms with Gasteiger partial charge in [-0.1, -0.05) is 26.0 Å². The summed E-state index contributed by atoms with van der Waals surface area (Å²) >= 11 is 0. The first-order valence-electron chi connectivity index (χ1n) is 7.08. The van der Waals surface area contributed by atoms with Crippen molar-refractivity contribution < 1.29 is 14.7 Å². The SMILES string of the molecule is CC(C)Cn1cc(C(=O)NCc2ccc(C(=O)O)cc2)cn1. The fourth-order valence-corrected chi connectivity index (χ4v) is 2.00. The lowest BCUT2D eigenvalue weighted by atomic mass is 10.1. The summed E-state index contributed by atoms with van der Waals surface area (Å²) in [5.74, 6) is -0.700. The molecule has 0 aliphatic heterocycles. The minimum absolute atomic E-state index is 0.197. The summed E-state index contributed by atoms with van der Waals surface area (Å²) in [6, 6.07) is 6.41. The molecule has 1 amide bonds. The third-order valence-corrected chi connectivity index (χ3v) is 3.10. The number of benzene rings is 1. The van der Waals surface area contributed by atoms with Crippen LogP contribution in [0.1, 0.15) is 40.1 Å². The van der Waals surface area contributed by atoms with Gasteiger partial charge in [-0.15, -0.1) is 0 Å². The van der Waals surface area contributed by atoms with Gasteiger partial charge >= 0.3 is 5.97 Å². The summed E-state index contributed by atoms with van der Waals surface area (Å²) in [5.41, 5.74) is 1.58. The number of hydrogen-bond acceptors (Lipinski definition) is 3. The molecule has 0 saturated heterocycles. The van der Waals surface area contributed by atoms with Gasteiger partial charge < -0.3 is 10.4 Å². The molecule has 1 heterocycles.